The van der Waals surface area contributed by atoms with E-state index in [1.807, 2.05) is 32.0 Å². The van der Waals surface area contributed by atoms with E-state index in [-0.39, 0.29) is 24.5 Å². The van der Waals surface area contributed by atoms with E-state index in [1.165, 1.54) is 0 Å². The Morgan fingerprint density at radius 1 is 1.29 bits per heavy atom. The Bertz CT molecular complexity index is 582. The van der Waals surface area contributed by atoms with Gasteiger partial charge in [0.15, 0.2) is 6.61 Å². The second kappa shape index (κ2) is 8.52. The highest BCUT2D eigenvalue weighted by molar-refractivity contribution is 6.30. The third kappa shape index (κ3) is 4.50. The molecule has 1 saturated carbocycles. The standard InChI is InChI=1S/C19H26ClNO3/c1-3-14(2)21-17(22)13-24-18(23)19(10-5-4-6-11-19)15-8-7-9-16(20)12-15/h7-9,12,14H,3-6,10-11,13H2,1-2H3,(H,21,22)/t14-/m0/s1. The van der Waals surface area contributed by atoms with Gasteiger partial charge in [-0.15, -0.1) is 0 Å². The van der Waals surface area contributed by atoms with Crippen molar-refractivity contribution in [3.63, 3.8) is 0 Å². The summed E-state index contributed by atoms with van der Waals surface area (Å²) in [5.74, 6) is -0.571. The molecule has 1 N–H and O–H groups in total. The van der Waals surface area contributed by atoms with Crippen molar-refractivity contribution in [2.45, 2.75) is 63.8 Å². The van der Waals surface area contributed by atoms with Gasteiger partial charge in [0.2, 0.25) is 0 Å². The molecule has 0 unspecified atom stereocenters. The lowest BCUT2D eigenvalue weighted by atomic mass is 9.69. The van der Waals surface area contributed by atoms with Gasteiger partial charge in [0.1, 0.15) is 0 Å². The van der Waals surface area contributed by atoms with Crippen molar-refractivity contribution in [2.24, 2.45) is 0 Å². The Kier molecular flexibility index (Phi) is 6.67. The summed E-state index contributed by atoms with van der Waals surface area (Å²) < 4.78 is 5.39. The van der Waals surface area contributed by atoms with Crippen molar-refractivity contribution in [1.82, 2.24) is 5.32 Å². The number of rotatable bonds is 6. The lowest BCUT2D eigenvalue weighted by Crippen LogP contribution is -2.42. The smallest absolute Gasteiger partial charge is 0.317 e. The molecule has 1 amide bonds. The van der Waals surface area contributed by atoms with Crippen LogP contribution in [0, 0.1) is 0 Å². The second-order valence-corrected chi connectivity index (χ2v) is 7.04. The number of hydrogen-bond donors (Lipinski definition) is 1. The zero-order chi connectivity index (χ0) is 17.6. The maximum Gasteiger partial charge on any atom is 0.317 e. The second-order valence-electron chi connectivity index (χ2n) is 6.61. The fourth-order valence-electron chi connectivity index (χ4n) is 3.24. The van der Waals surface area contributed by atoms with Crippen LogP contribution in [0.15, 0.2) is 24.3 Å². The van der Waals surface area contributed by atoms with Gasteiger partial charge in [-0.1, -0.05) is 49.9 Å². The SMILES string of the molecule is CC[C@H](C)NC(=O)COC(=O)C1(c2cccc(Cl)c2)CCCCC1. The quantitative estimate of drug-likeness (QED) is 0.788. The van der Waals surface area contributed by atoms with Crippen molar-refractivity contribution in [3.05, 3.63) is 34.9 Å². The Morgan fingerprint density at radius 3 is 2.62 bits per heavy atom. The number of hydrogen-bond acceptors (Lipinski definition) is 3. The molecule has 0 radical (unpaired) electrons. The minimum atomic E-state index is -0.681. The first-order valence-corrected chi connectivity index (χ1v) is 9.08. The van der Waals surface area contributed by atoms with Gasteiger partial charge >= 0.3 is 5.97 Å². The molecule has 1 fully saturated rings. The number of nitrogens with one attached hydrogen (secondary N) is 1. The number of halogens is 1. The third-order valence-corrected chi connectivity index (χ3v) is 5.06. The van der Waals surface area contributed by atoms with Gasteiger partial charge in [-0.2, -0.15) is 0 Å². The monoisotopic (exact) mass is 351 g/mol. The van der Waals surface area contributed by atoms with Crippen LogP contribution in [-0.4, -0.2) is 24.5 Å². The molecule has 1 aromatic carbocycles. The Hall–Kier alpha value is -1.55. The average Bonchev–Trinajstić information content (AvgIpc) is 2.60. The maximum absolute atomic E-state index is 12.8. The molecule has 2 rings (SSSR count). The minimum absolute atomic E-state index is 0.0766. The van der Waals surface area contributed by atoms with Crippen LogP contribution in [0.25, 0.3) is 0 Å². The molecule has 24 heavy (non-hydrogen) atoms. The van der Waals surface area contributed by atoms with Gasteiger partial charge in [0, 0.05) is 11.1 Å². The van der Waals surface area contributed by atoms with E-state index in [4.69, 9.17) is 16.3 Å². The molecule has 0 aromatic heterocycles. The van der Waals surface area contributed by atoms with Crippen molar-refractivity contribution < 1.29 is 14.3 Å². The summed E-state index contributed by atoms with van der Waals surface area (Å²) in [7, 11) is 0. The Labute approximate surface area is 148 Å². The number of benzene rings is 1. The van der Waals surface area contributed by atoms with Crippen LogP contribution in [0.1, 0.15) is 57.9 Å². The third-order valence-electron chi connectivity index (χ3n) is 4.83. The molecule has 4 nitrogen and oxygen atoms in total. The summed E-state index contributed by atoms with van der Waals surface area (Å²) in [4.78, 5) is 24.7. The summed E-state index contributed by atoms with van der Waals surface area (Å²) in [6, 6.07) is 7.50. The first-order chi connectivity index (χ1) is 11.5. The van der Waals surface area contributed by atoms with Crippen molar-refractivity contribution >= 4 is 23.5 Å². The van der Waals surface area contributed by atoms with Crippen LogP contribution in [0.5, 0.6) is 0 Å². The average molecular weight is 352 g/mol. The van der Waals surface area contributed by atoms with Gasteiger partial charge in [0.05, 0.1) is 5.41 Å². The van der Waals surface area contributed by atoms with Crippen LogP contribution in [-0.2, 0) is 19.7 Å². The summed E-state index contributed by atoms with van der Waals surface area (Å²) >= 11 is 6.12. The van der Waals surface area contributed by atoms with E-state index < -0.39 is 5.41 Å². The van der Waals surface area contributed by atoms with Gasteiger partial charge in [-0.25, -0.2) is 0 Å². The van der Waals surface area contributed by atoms with Crippen LogP contribution in [0.3, 0.4) is 0 Å². The topological polar surface area (TPSA) is 55.4 Å². The van der Waals surface area contributed by atoms with Crippen molar-refractivity contribution in [2.75, 3.05) is 6.61 Å². The highest BCUT2D eigenvalue weighted by Crippen LogP contribution is 2.41. The number of carbonyl (C=O) groups is 2. The fraction of sp³-hybridized carbons (Fsp3) is 0.579. The molecule has 0 bridgehead atoms. The lowest BCUT2D eigenvalue weighted by molar-refractivity contribution is -0.156. The summed E-state index contributed by atoms with van der Waals surface area (Å²) in [5.41, 5.74) is 0.210. The number of esters is 1. The molecule has 0 heterocycles. The summed E-state index contributed by atoms with van der Waals surface area (Å²) in [6.45, 7) is 3.69. The van der Waals surface area contributed by atoms with Gasteiger partial charge in [0.25, 0.3) is 5.91 Å². The van der Waals surface area contributed by atoms with Crippen LogP contribution in [0.4, 0.5) is 0 Å². The Balaban J connectivity index is 2.10. The maximum atomic E-state index is 12.8. The molecule has 1 aliphatic rings. The molecule has 0 saturated heterocycles. The molecular weight excluding hydrogens is 326 g/mol. The zero-order valence-corrected chi connectivity index (χ0v) is 15.2. The predicted molar refractivity (Wildman–Crippen MR) is 95.1 cm³/mol. The molecule has 5 heteroatoms. The lowest BCUT2D eigenvalue weighted by Gasteiger charge is -2.35. The molecular formula is C19H26ClNO3. The number of carbonyl (C=O) groups excluding carboxylic acids is 2. The Morgan fingerprint density at radius 2 is 2.00 bits per heavy atom. The molecule has 132 valence electrons. The van der Waals surface area contributed by atoms with Crippen LogP contribution < -0.4 is 5.32 Å². The normalized spacial score (nSPS) is 17.8. The van der Waals surface area contributed by atoms with E-state index in [1.54, 1.807) is 6.07 Å². The fourth-order valence-corrected chi connectivity index (χ4v) is 3.43. The number of amides is 1. The van der Waals surface area contributed by atoms with Gasteiger partial charge < -0.3 is 10.1 Å². The van der Waals surface area contributed by atoms with E-state index in [9.17, 15) is 9.59 Å². The highest BCUT2D eigenvalue weighted by atomic mass is 35.5. The van der Waals surface area contributed by atoms with E-state index >= 15 is 0 Å². The first-order valence-electron chi connectivity index (χ1n) is 8.70. The van der Waals surface area contributed by atoms with Gasteiger partial charge in [-0.3, -0.25) is 9.59 Å². The van der Waals surface area contributed by atoms with E-state index in [0.717, 1.165) is 44.1 Å². The summed E-state index contributed by atoms with van der Waals surface area (Å²) in [6.07, 6.45) is 5.37. The molecule has 0 aliphatic heterocycles. The van der Waals surface area contributed by atoms with Gasteiger partial charge in [-0.05, 0) is 43.9 Å². The predicted octanol–water partition coefficient (Wildman–Crippen LogP) is 4.00. The van der Waals surface area contributed by atoms with Crippen LogP contribution >= 0.6 is 11.6 Å². The van der Waals surface area contributed by atoms with E-state index in [2.05, 4.69) is 5.32 Å². The number of ether oxygens (including phenoxy) is 1. The first kappa shape index (κ1) is 18.8. The minimum Gasteiger partial charge on any atom is -0.455 e. The molecule has 1 aliphatic carbocycles. The highest BCUT2D eigenvalue weighted by Gasteiger charge is 2.42. The molecule has 1 atom stereocenters. The van der Waals surface area contributed by atoms with E-state index in [0.29, 0.717) is 5.02 Å². The molecule has 1 aromatic rings. The van der Waals surface area contributed by atoms with Crippen LogP contribution in [0.2, 0.25) is 5.02 Å². The zero-order valence-electron chi connectivity index (χ0n) is 14.4. The summed E-state index contributed by atoms with van der Waals surface area (Å²) in [5, 5.41) is 3.42. The molecule has 0 spiro atoms. The largest absolute Gasteiger partial charge is 0.455 e. The van der Waals surface area contributed by atoms with Crippen molar-refractivity contribution in [3.8, 4) is 0 Å². The van der Waals surface area contributed by atoms with Crippen molar-refractivity contribution in [1.29, 1.82) is 0 Å².